The van der Waals surface area contributed by atoms with Crippen molar-refractivity contribution in [2.75, 3.05) is 13.1 Å². The van der Waals surface area contributed by atoms with E-state index in [0.29, 0.717) is 32.4 Å². The Morgan fingerprint density at radius 3 is 2.17 bits per heavy atom. The number of carbonyl (C=O) groups excluding carboxylic acids is 2. The topological polar surface area (TPSA) is 95.5 Å². The lowest BCUT2D eigenvalue weighted by Gasteiger charge is -2.05. The molecule has 0 fully saturated rings. The van der Waals surface area contributed by atoms with Crippen molar-refractivity contribution in [1.82, 2.24) is 10.6 Å². The van der Waals surface area contributed by atoms with E-state index in [9.17, 15) is 14.4 Å². The zero-order chi connectivity index (χ0) is 13.8. The van der Waals surface area contributed by atoms with Crippen LogP contribution in [0.2, 0.25) is 0 Å². The van der Waals surface area contributed by atoms with Gasteiger partial charge < -0.3 is 15.7 Å². The van der Waals surface area contributed by atoms with Crippen LogP contribution in [0.4, 0.5) is 0 Å². The molecule has 18 heavy (non-hydrogen) atoms. The Hall–Kier alpha value is -1.59. The predicted octanol–water partition coefficient (Wildman–Crippen LogP) is 0.664. The van der Waals surface area contributed by atoms with Gasteiger partial charge in [0.05, 0.1) is 0 Å². The maximum atomic E-state index is 11.3. The summed E-state index contributed by atoms with van der Waals surface area (Å²) in [5.41, 5.74) is 0. The van der Waals surface area contributed by atoms with E-state index in [2.05, 4.69) is 10.6 Å². The molecule has 3 N–H and O–H groups in total. The highest BCUT2D eigenvalue weighted by Gasteiger charge is 2.01. The van der Waals surface area contributed by atoms with Crippen LogP contribution in [0.5, 0.6) is 0 Å². The lowest BCUT2D eigenvalue weighted by molar-refractivity contribution is -0.137. The van der Waals surface area contributed by atoms with Crippen LogP contribution < -0.4 is 10.6 Å². The number of unbranched alkanes of at least 4 members (excludes halogenated alkanes) is 2. The van der Waals surface area contributed by atoms with E-state index in [1.54, 1.807) is 0 Å². The molecule has 0 heterocycles. The third-order valence-corrected chi connectivity index (χ3v) is 2.34. The summed E-state index contributed by atoms with van der Waals surface area (Å²) in [4.78, 5) is 32.1. The molecule has 6 heteroatoms. The molecule has 0 bridgehead atoms. The smallest absolute Gasteiger partial charge is 0.303 e. The Bertz CT molecular complexity index is 279. The molecule has 6 nitrogen and oxygen atoms in total. The number of carbonyl (C=O) groups is 3. The van der Waals surface area contributed by atoms with Gasteiger partial charge >= 0.3 is 5.97 Å². The predicted molar refractivity (Wildman–Crippen MR) is 67.0 cm³/mol. The molecular formula is C12H22N2O4. The van der Waals surface area contributed by atoms with Gasteiger partial charge in [0.15, 0.2) is 0 Å². The fourth-order valence-electron chi connectivity index (χ4n) is 1.41. The Balaban J connectivity index is 3.26. The van der Waals surface area contributed by atoms with E-state index in [4.69, 9.17) is 5.11 Å². The van der Waals surface area contributed by atoms with Gasteiger partial charge in [-0.15, -0.1) is 0 Å². The Kier molecular flexibility index (Phi) is 9.62. The highest BCUT2D eigenvalue weighted by molar-refractivity contribution is 5.76. The maximum absolute atomic E-state index is 11.3. The number of amides is 2. The van der Waals surface area contributed by atoms with Gasteiger partial charge in [0, 0.05) is 32.9 Å². The first-order chi connectivity index (χ1) is 8.52. The van der Waals surface area contributed by atoms with E-state index in [1.807, 2.05) is 0 Å². The first kappa shape index (κ1) is 16.4. The summed E-state index contributed by atoms with van der Waals surface area (Å²) in [6.07, 6.45) is 3.46. The van der Waals surface area contributed by atoms with E-state index in [0.717, 1.165) is 12.8 Å². The minimum atomic E-state index is -0.781. The Morgan fingerprint density at radius 1 is 0.889 bits per heavy atom. The van der Waals surface area contributed by atoms with E-state index >= 15 is 0 Å². The number of carboxylic acids is 1. The second-order valence-electron chi connectivity index (χ2n) is 4.14. The third-order valence-electron chi connectivity index (χ3n) is 2.34. The molecule has 0 saturated carbocycles. The van der Waals surface area contributed by atoms with Gasteiger partial charge in [0.25, 0.3) is 0 Å². The van der Waals surface area contributed by atoms with Crippen molar-refractivity contribution in [3.8, 4) is 0 Å². The number of carboxylic acid groups (broad SMARTS) is 1. The number of nitrogens with one attached hydrogen (secondary N) is 2. The van der Waals surface area contributed by atoms with E-state index in [1.165, 1.54) is 6.92 Å². The summed E-state index contributed by atoms with van der Waals surface area (Å²) in [6.45, 7) is 2.54. The number of aliphatic carboxylic acids is 1. The highest BCUT2D eigenvalue weighted by atomic mass is 16.4. The molecule has 0 radical (unpaired) electrons. The molecule has 0 aromatic heterocycles. The summed E-state index contributed by atoms with van der Waals surface area (Å²) < 4.78 is 0. The van der Waals surface area contributed by atoms with Gasteiger partial charge in [-0.1, -0.05) is 6.42 Å². The SMILES string of the molecule is CC(=O)NCCCC(=O)NCCCCCC(=O)O. The molecule has 0 atom stereocenters. The highest BCUT2D eigenvalue weighted by Crippen LogP contribution is 1.98. The van der Waals surface area contributed by atoms with Crippen LogP contribution in [0, 0.1) is 0 Å². The second kappa shape index (κ2) is 10.6. The summed E-state index contributed by atoms with van der Waals surface area (Å²) in [5.74, 6) is -0.899. The number of hydrogen-bond acceptors (Lipinski definition) is 3. The average molecular weight is 258 g/mol. The minimum Gasteiger partial charge on any atom is -0.481 e. The van der Waals surface area contributed by atoms with Crippen molar-refractivity contribution >= 4 is 17.8 Å². The molecule has 0 spiro atoms. The number of rotatable bonds is 10. The van der Waals surface area contributed by atoms with Crippen LogP contribution in [-0.4, -0.2) is 36.0 Å². The molecule has 104 valence electrons. The van der Waals surface area contributed by atoms with E-state index < -0.39 is 5.97 Å². The van der Waals surface area contributed by atoms with Crippen molar-refractivity contribution in [1.29, 1.82) is 0 Å². The Morgan fingerprint density at radius 2 is 1.56 bits per heavy atom. The molecule has 0 aliphatic carbocycles. The quantitative estimate of drug-likeness (QED) is 0.502. The van der Waals surface area contributed by atoms with Crippen molar-refractivity contribution in [2.45, 2.75) is 45.4 Å². The van der Waals surface area contributed by atoms with Crippen LogP contribution in [0.3, 0.4) is 0 Å². The van der Waals surface area contributed by atoms with Crippen molar-refractivity contribution in [2.24, 2.45) is 0 Å². The molecule has 0 saturated heterocycles. The second-order valence-corrected chi connectivity index (χ2v) is 4.14. The fourth-order valence-corrected chi connectivity index (χ4v) is 1.41. The van der Waals surface area contributed by atoms with Crippen molar-refractivity contribution < 1.29 is 19.5 Å². The van der Waals surface area contributed by atoms with Gasteiger partial charge in [-0.2, -0.15) is 0 Å². The molecule has 0 aromatic rings. The number of hydrogen-bond donors (Lipinski definition) is 3. The molecule has 0 aliphatic heterocycles. The minimum absolute atomic E-state index is 0.0291. The maximum Gasteiger partial charge on any atom is 0.303 e. The van der Waals surface area contributed by atoms with Crippen molar-refractivity contribution in [3.63, 3.8) is 0 Å². The first-order valence-corrected chi connectivity index (χ1v) is 6.25. The molecule has 0 rings (SSSR count). The van der Waals surface area contributed by atoms with Crippen LogP contribution in [-0.2, 0) is 14.4 Å². The molecule has 0 unspecified atom stereocenters. The summed E-state index contributed by atoms with van der Waals surface area (Å²) in [5, 5.41) is 13.8. The van der Waals surface area contributed by atoms with Crippen LogP contribution in [0.1, 0.15) is 45.4 Å². The van der Waals surface area contributed by atoms with Gasteiger partial charge in [0.2, 0.25) is 11.8 Å². The average Bonchev–Trinajstić information content (AvgIpc) is 2.28. The molecule has 2 amide bonds. The molecule has 0 aliphatic rings. The standard InChI is InChI=1S/C12H22N2O4/c1-10(15)13-9-5-6-11(16)14-8-4-2-3-7-12(17)18/h2-9H2,1H3,(H,13,15)(H,14,16)(H,17,18). The third kappa shape index (κ3) is 12.5. The van der Waals surface area contributed by atoms with Crippen LogP contribution in [0.25, 0.3) is 0 Å². The largest absolute Gasteiger partial charge is 0.481 e. The molecule has 0 aromatic carbocycles. The monoisotopic (exact) mass is 258 g/mol. The summed E-state index contributed by atoms with van der Waals surface area (Å²) >= 11 is 0. The first-order valence-electron chi connectivity index (χ1n) is 6.25. The van der Waals surface area contributed by atoms with Crippen LogP contribution >= 0.6 is 0 Å². The normalized spacial score (nSPS) is 9.83. The van der Waals surface area contributed by atoms with Gasteiger partial charge in [0.1, 0.15) is 0 Å². The van der Waals surface area contributed by atoms with Crippen LogP contribution in [0.15, 0.2) is 0 Å². The Labute approximate surface area is 107 Å². The fraction of sp³-hybridized carbons (Fsp3) is 0.750. The lowest BCUT2D eigenvalue weighted by Crippen LogP contribution is -2.26. The summed E-state index contributed by atoms with van der Waals surface area (Å²) in [6, 6.07) is 0. The zero-order valence-electron chi connectivity index (χ0n) is 10.8. The van der Waals surface area contributed by atoms with Gasteiger partial charge in [-0.25, -0.2) is 0 Å². The summed E-state index contributed by atoms with van der Waals surface area (Å²) in [7, 11) is 0. The zero-order valence-corrected chi connectivity index (χ0v) is 10.8. The van der Waals surface area contributed by atoms with E-state index in [-0.39, 0.29) is 18.2 Å². The van der Waals surface area contributed by atoms with Gasteiger partial charge in [-0.05, 0) is 19.3 Å². The van der Waals surface area contributed by atoms with Gasteiger partial charge in [-0.3, -0.25) is 14.4 Å². The van der Waals surface area contributed by atoms with Crippen molar-refractivity contribution in [3.05, 3.63) is 0 Å². The lowest BCUT2D eigenvalue weighted by atomic mass is 10.2. The molecular weight excluding hydrogens is 236 g/mol.